The molecule has 0 unspecified atom stereocenters. The van der Waals surface area contributed by atoms with Gasteiger partial charge in [0.2, 0.25) is 0 Å². The van der Waals surface area contributed by atoms with Crippen molar-refractivity contribution >= 4 is 28.3 Å². The molecule has 5 aromatic rings. The number of aromatic nitrogens is 4. The molecule has 1 aromatic carbocycles. The van der Waals surface area contributed by atoms with Gasteiger partial charge in [-0.1, -0.05) is 30.0 Å². The van der Waals surface area contributed by atoms with Gasteiger partial charge in [0, 0.05) is 18.0 Å². The maximum Gasteiger partial charge on any atom is 0.262 e. The molecule has 8 heteroatoms. The standard InChI is InChI=1S/C22H16N4O3S/c27-20-12-15(23-19-9-3-4-10-25(19)20)14-30-22-24-18-8-2-1-7-17(18)21(28)26(22)13-16-6-5-11-29-16/h1-12H,13-14H2. The van der Waals surface area contributed by atoms with Crippen LogP contribution in [-0.2, 0) is 12.3 Å². The summed E-state index contributed by atoms with van der Waals surface area (Å²) in [5.41, 5.74) is 1.57. The van der Waals surface area contributed by atoms with Crippen LogP contribution in [0.15, 0.2) is 92.3 Å². The van der Waals surface area contributed by atoms with E-state index in [0.717, 1.165) is 0 Å². The Bertz CT molecular complexity index is 1470. The van der Waals surface area contributed by atoms with Crippen LogP contribution in [-0.4, -0.2) is 18.9 Å². The highest BCUT2D eigenvalue weighted by atomic mass is 32.2. The van der Waals surface area contributed by atoms with Crippen LogP contribution in [0.3, 0.4) is 0 Å². The second-order valence-corrected chi connectivity index (χ2v) is 7.63. The lowest BCUT2D eigenvalue weighted by Gasteiger charge is -2.12. The van der Waals surface area contributed by atoms with Crippen molar-refractivity contribution in [3.63, 3.8) is 0 Å². The smallest absolute Gasteiger partial charge is 0.262 e. The lowest BCUT2D eigenvalue weighted by Crippen LogP contribution is -2.24. The number of benzene rings is 1. The summed E-state index contributed by atoms with van der Waals surface area (Å²) in [6, 6.07) is 17.8. The Labute approximate surface area is 174 Å². The summed E-state index contributed by atoms with van der Waals surface area (Å²) in [5, 5.41) is 1.10. The first-order chi connectivity index (χ1) is 14.7. The van der Waals surface area contributed by atoms with Gasteiger partial charge in [-0.25, -0.2) is 9.97 Å². The van der Waals surface area contributed by atoms with Crippen LogP contribution in [0.1, 0.15) is 11.5 Å². The van der Waals surface area contributed by atoms with E-state index in [1.807, 2.05) is 30.3 Å². The third kappa shape index (κ3) is 3.42. The molecule has 0 radical (unpaired) electrons. The summed E-state index contributed by atoms with van der Waals surface area (Å²) < 4.78 is 8.53. The molecular weight excluding hydrogens is 400 g/mol. The van der Waals surface area contributed by atoms with Crippen molar-refractivity contribution in [1.82, 2.24) is 18.9 Å². The number of nitrogens with zero attached hydrogens (tertiary/aromatic N) is 4. The fourth-order valence-electron chi connectivity index (χ4n) is 3.27. The van der Waals surface area contributed by atoms with Crippen LogP contribution in [0.5, 0.6) is 0 Å². The highest BCUT2D eigenvalue weighted by Crippen LogP contribution is 2.22. The van der Waals surface area contributed by atoms with Crippen molar-refractivity contribution in [2.24, 2.45) is 0 Å². The Morgan fingerprint density at radius 2 is 1.83 bits per heavy atom. The van der Waals surface area contributed by atoms with Gasteiger partial charge < -0.3 is 4.42 Å². The monoisotopic (exact) mass is 416 g/mol. The van der Waals surface area contributed by atoms with Gasteiger partial charge >= 0.3 is 0 Å². The molecule has 0 aliphatic carbocycles. The van der Waals surface area contributed by atoms with Crippen molar-refractivity contribution < 1.29 is 4.42 Å². The Morgan fingerprint density at radius 3 is 2.70 bits per heavy atom. The topological polar surface area (TPSA) is 82.4 Å². The molecule has 0 aliphatic rings. The molecule has 148 valence electrons. The zero-order valence-corrected chi connectivity index (χ0v) is 16.6. The summed E-state index contributed by atoms with van der Waals surface area (Å²) in [6.45, 7) is 0.278. The van der Waals surface area contributed by atoms with Gasteiger partial charge in [0.15, 0.2) is 5.16 Å². The largest absolute Gasteiger partial charge is 0.467 e. The minimum Gasteiger partial charge on any atom is -0.467 e. The molecule has 0 fully saturated rings. The molecule has 5 rings (SSSR count). The van der Waals surface area contributed by atoms with E-state index in [2.05, 4.69) is 9.97 Å². The number of pyridine rings is 1. The fourth-order valence-corrected chi connectivity index (χ4v) is 4.16. The molecule has 4 heterocycles. The van der Waals surface area contributed by atoms with Gasteiger partial charge in [0.1, 0.15) is 11.4 Å². The molecule has 0 amide bonds. The van der Waals surface area contributed by atoms with Crippen LogP contribution in [0.4, 0.5) is 0 Å². The average molecular weight is 416 g/mol. The van der Waals surface area contributed by atoms with Crippen LogP contribution >= 0.6 is 11.8 Å². The molecular formula is C22H16N4O3S. The van der Waals surface area contributed by atoms with E-state index >= 15 is 0 Å². The minimum absolute atomic E-state index is 0.133. The number of thioether (sulfide) groups is 1. The molecule has 0 spiro atoms. The number of para-hydroxylation sites is 1. The van der Waals surface area contributed by atoms with E-state index in [1.54, 1.807) is 41.3 Å². The fraction of sp³-hybridized carbons (Fsp3) is 0.0909. The Kier molecular flexibility index (Phi) is 4.68. The van der Waals surface area contributed by atoms with Gasteiger partial charge in [0.25, 0.3) is 11.1 Å². The summed E-state index contributed by atoms with van der Waals surface area (Å²) in [5.74, 6) is 1.07. The van der Waals surface area contributed by atoms with Crippen LogP contribution in [0.25, 0.3) is 16.6 Å². The third-order valence-electron chi connectivity index (χ3n) is 4.69. The van der Waals surface area contributed by atoms with E-state index in [9.17, 15) is 9.59 Å². The first kappa shape index (κ1) is 18.4. The summed E-state index contributed by atoms with van der Waals surface area (Å²) in [4.78, 5) is 34.7. The maximum atomic E-state index is 13.1. The van der Waals surface area contributed by atoms with E-state index in [-0.39, 0.29) is 17.7 Å². The predicted molar refractivity (Wildman–Crippen MR) is 115 cm³/mol. The Balaban J connectivity index is 1.55. The molecule has 7 nitrogen and oxygen atoms in total. The maximum absolute atomic E-state index is 13.1. The Morgan fingerprint density at radius 1 is 0.967 bits per heavy atom. The quantitative estimate of drug-likeness (QED) is 0.323. The van der Waals surface area contributed by atoms with Gasteiger partial charge in [-0.3, -0.25) is 18.6 Å². The van der Waals surface area contributed by atoms with Gasteiger partial charge in [0.05, 0.1) is 29.4 Å². The van der Waals surface area contributed by atoms with Gasteiger partial charge in [-0.15, -0.1) is 0 Å². The average Bonchev–Trinajstić information content (AvgIpc) is 3.28. The van der Waals surface area contributed by atoms with Crippen LogP contribution < -0.4 is 11.1 Å². The van der Waals surface area contributed by atoms with Crippen LogP contribution in [0.2, 0.25) is 0 Å². The van der Waals surface area contributed by atoms with Crippen molar-refractivity contribution in [3.8, 4) is 0 Å². The zero-order valence-electron chi connectivity index (χ0n) is 15.8. The molecule has 0 saturated heterocycles. The molecule has 0 atom stereocenters. The van der Waals surface area contributed by atoms with E-state index in [1.165, 1.54) is 22.2 Å². The molecule has 4 aromatic heterocycles. The number of hydrogen-bond acceptors (Lipinski definition) is 6. The molecule has 0 bridgehead atoms. The van der Waals surface area contributed by atoms with Crippen LogP contribution in [0, 0.1) is 0 Å². The second-order valence-electron chi connectivity index (χ2n) is 6.69. The minimum atomic E-state index is -0.143. The molecule has 0 aliphatic heterocycles. The SMILES string of the molecule is O=c1c2ccccc2nc(SCc2cc(=O)n3ccccc3n2)n1Cc1ccco1. The number of hydrogen-bond donors (Lipinski definition) is 0. The summed E-state index contributed by atoms with van der Waals surface area (Å²) in [7, 11) is 0. The van der Waals surface area contributed by atoms with Gasteiger partial charge in [-0.2, -0.15) is 0 Å². The lowest BCUT2D eigenvalue weighted by atomic mass is 10.2. The molecule has 0 N–H and O–H groups in total. The lowest BCUT2D eigenvalue weighted by molar-refractivity contribution is 0.476. The highest BCUT2D eigenvalue weighted by Gasteiger charge is 2.14. The van der Waals surface area contributed by atoms with Crippen molar-refractivity contribution in [2.75, 3.05) is 0 Å². The first-order valence-corrected chi connectivity index (χ1v) is 10.3. The summed E-state index contributed by atoms with van der Waals surface area (Å²) in [6.07, 6.45) is 3.27. The predicted octanol–water partition coefficient (Wildman–Crippen LogP) is 3.34. The molecule has 0 saturated carbocycles. The normalized spacial score (nSPS) is 11.3. The second kappa shape index (κ2) is 7.64. The Hall–Kier alpha value is -3.65. The molecule has 30 heavy (non-hydrogen) atoms. The van der Waals surface area contributed by atoms with E-state index < -0.39 is 0 Å². The van der Waals surface area contributed by atoms with Gasteiger partial charge in [-0.05, 0) is 36.4 Å². The third-order valence-corrected chi connectivity index (χ3v) is 5.70. The van der Waals surface area contributed by atoms with E-state index in [4.69, 9.17) is 4.42 Å². The zero-order chi connectivity index (χ0) is 20.5. The number of furan rings is 1. The highest BCUT2D eigenvalue weighted by molar-refractivity contribution is 7.98. The first-order valence-electron chi connectivity index (χ1n) is 9.31. The number of fused-ring (bicyclic) bond motifs is 2. The summed E-state index contributed by atoms with van der Waals surface area (Å²) >= 11 is 1.37. The van der Waals surface area contributed by atoms with Crippen molar-refractivity contribution in [1.29, 1.82) is 0 Å². The van der Waals surface area contributed by atoms with E-state index in [0.29, 0.717) is 38.9 Å². The van der Waals surface area contributed by atoms with Crippen molar-refractivity contribution in [2.45, 2.75) is 17.5 Å². The van der Waals surface area contributed by atoms with Crippen molar-refractivity contribution in [3.05, 3.63) is 105 Å². The number of rotatable bonds is 5.